The van der Waals surface area contributed by atoms with Crippen molar-refractivity contribution in [2.45, 2.75) is 38.0 Å². The van der Waals surface area contributed by atoms with Crippen LogP contribution in [0.1, 0.15) is 33.5 Å². The molecule has 0 radical (unpaired) electrons. The summed E-state index contributed by atoms with van der Waals surface area (Å²) >= 11 is 0. The van der Waals surface area contributed by atoms with Gasteiger partial charge in [-0.05, 0) is 41.3 Å². The number of nitrogens with zero attached hydrogens (tertiary/aromatic N) is 2. The van der Waals surface area contributed by atoms with Crippen molar-refractivity contribution in [2.24, 2.45) is 0 Å². The van der Waals surface area contributed by atoms with Gasteiger partial charge in [-0.25, -0.2) is 4.79 Å². The second-order valence-corrected chi connectivity index (χ2v) is 9.09. The predicted molar refractivity (Wildman–Crippen MR) is 128 cm³/mol. The van der Waals surface area contributed by atoms with E-state index in [1.165, 1.54) is 11.1 Å². The van der Waals surface area contributed by atoms with E-state index in [9.17, 15) is 9.90 Å². The predicted octanol–water partition coefficient (Wildman–Crippen LogP) is 4.47. The zero-order valence-corrected chi connectivity index (χ0v) is 18.8. The number of fused-ring (bicyclic) bond motifs is 2. The molecule has 0 amide bonds. The molecule has 1 N–H and O–H groups in total. The van der Waals surface area contributed by atoms with Gasteiger partial charge in [-0.3, -0.25) is 9.80 Å². The molecule has 0 unspecified atom stereocenters. The summed E-state index contributed by atoms with van der Waals surface area (Å²) in [6.45, 7) is 4.38. The second kappa shape index (κ2) is 9.77. The minimum atomic E-state index is -0.843. The topological polar surface area (TPSA) is 53.0 Å². The van der Waals surface area contributed by atoms with E-state index >= 15 is 0 Å². The van der Waals surface area contributed by atoms with E-state index in [-0.39, 0.29) is 0 Å². The molecule has 2 fully saturated rings. The molecule has 2 bridgehead atoms. The monoisotopic (exact) mass is 442 g/mol. The Morgan fingerprint density at radius 1 is 0.818 bits per heavy atom. The number of carbonyl (C=O) groups is 1. The van der Waals surface area contributed by atoms with Crippen molar-refractivity contribution in [3.05, 3.63) is 101 Å². The molecule has 5 rings (SSSR count). The van der Waals surface area contributed by atoms with Gasteiger partial charge >= 0.3 is 5.97 Å². The van der Waals surface area contributed by atoms with Gasteiger partial charge in [0.1, 0.15) is 5.75 Å². The van der Waals surface area contributed by atoms with E-state index in [0.717, 1.165) is 43.8 Å². The lowest BCUT2D eigenvalue weighted by Crippen LogP contribution is -2.45. The fraction of sp³-hybridized carbons (Fsp3) is 0.321. The number of hydrogen-bond acceptors (Lipinski definition) is 4. The quantitative estimate of drug-likeness (QED) is 0.530. The molecule has 0 spiro atoms. The molecule has 0 saturated carbocycles. The Kier molecular flexibility index (Phi) is 6.42. The van der Waals surface area contributed by atoms with Gasteiger partial charge in [-0.2, -0.15) is 0 Å². The maximum atomic E-state index is 11.5. The van der Waals surface area contributed by atoms with Crippen molar-refractivity contribution in [3.8, 4) is 5.75 Å². The average Bonchev–Trinajstić information content (AvgIpc) is 3.41. The largest absolute Gasteiger partial charge is 0.493 e. The van der Waals surface area contributed by atoms with E-state index < -0.39 is 5.97 Å². The Hall–Kier alpha value is -3.15. The molecule has 5 heteroatoms. The molecule has 2 aliphatic rings. The lowest BCUT2D eigenvalue weighted by Gasteiger charge is -2.34. The van der Waals surface area contributed by atoms with Gasteiger partial charge in [-0.1, -0.05) is 60.7 Å². The third kappa shape index (κ3) is 5.10. The van der Waals surface area contributed by atoms with Gasteiger partial charge in [0, 0.05) is 44.7 Å². The van der Waals surface area contributed by atoms with Gasteiger partial charge in [-0.15, -0.1) is 0 Å². The summed E-state index contributed by atoms with van der Waals surface area (Å²) in [6.07, 6.45) is 2.07. The minimum absolute atomic E-state index is 0.420. The van der Waals surface area contributed by atoms with Crippen molar-refractivity contribution >= 4 is 5.97 Å². The number of hydrogen-bond donors (Lipinski definition) is 1. The highest BCUT2D eigenvalue weighted by Crippen LogP contribution is 2.33. The lowest BCUT2D eigenvalue weighted by molar-refractivity contribution is 0.0692. The molecular weight excluding hydrogens is 412 g/mol. The van der Waals surface area contributed by atoms with Crippen LogP contribution in [0.15, 0.2) is 78.9 Å². The first kappa shape index (κ1) is 21.7. The summed E-state index contributed by atoms with van der Waals surface area (Å²) in [5.41, 5.74) is 3.93. The Bertz CT molecular complexity index is 1080. The number of likely N-dealkylation sites (tertiary alicyclic amines) is 2. The summed E-state index contributed by atoms with van der Waals surface area (Å²) in [5, 5.41) is 9.46. The standard InChI is InChI=1S/C28H30N2O3/c31-28(32)27-9-5-4-8-23(27)18-30-20-24-16-25(30)19-29(24)17-22-10-12-26(13-11-22)33-15-14-21-6-2-1-3-7-21/h1-13,24-25H,14-20H2,(H,31,32)/t24-,25-/m0/s1. The lowest BCUT2D eigenvalue weighted by atomic mass is 10.1. The van der Waals surface area contributed by atoms with Crippen molar-refractivity contribution in [1.29, 1.82) is 0 Å². The molecule has 3 aromatic carbocycles. The first-order valence-electron chi connectivity index (χ1n) is 11.7. The van der Waals surface area contributed by atoms with Crippen molar-refractivity contribution in [1.82, 2.24) is 9.80 Å². The zero-order valence-electron chi connectivity index (χ0n) is 18.8. The Morgan fingerprint density at radius 3 is 2.18 bits per heavy atom. The highest BCUT2D eigenvalue weighted by molar-refractivity contribution is 5.89. The summed E-state index contributed by atoms with van der Waals surface area (Å²) in [4.78, 5) is 16.5. The SMILES string of the molecule is O=C(O)c1ccccc1CN1C[C@@H]2C[C@H]1CN2Cc1ccc(OCCc2ccccc2)cc1. The molecule has 2 atom stereocenters. The smallest absolute Gasteiger partial charge is 0.336 e. The van der Waals surface area contributed by atoms with E-state index in [2.05, 4.69) is 58.3 Å². The van der Waals surface area contributed by atoms with E-state index in [1.807, 2.05) is 18.2 Å². The first-order chi connectivity index (χ1) is 16.2. The summed E-state index contributed by atoms with van der Waals surface area (Å²) in [5.74, 6) is 0.0740. The Morgan fingerprint density at radius 2 is 1.48 bits per heavy atom. The van der Waals surface area contributed by atoms with Gasteiger partial charge in [0.05, 0.1) is 12.2 Å². The number of ether oxygens (including phenoxy) is 1. The molecule has 5 nitrogen and oxygen atoms in total. The molecule has 0 aromatic heterocycles. The molecule has 3 aromatic rings. The van der Waals surface area contributed by atoms with E-state index in [1.54, 1.807) is 12.1 Å². The Balaban J connectivity index is 1.11. The molecule has 2 saturated heterocycles. The van der Waals surface area contributed by atoms with Crippen LogP contribution >= 0.6 is 0 Å². The first-order valence-corrected chi connectivity index (χ1v) is 11.7. The molecule has 33 heavy (non-hydrogen) atoms. The zero-order chi connectivity index (χ0) is 22.6. The van der Waals surface area contributed by atoms with Crippen molar-refractivity contribution < 1.29 is 14.6 Å². The molecule has 0 aliphatic carbocycles. The number of piperazine rings is 1. The van der Waals surface area contributed by atoms with Gasteiger partial charge in [0.15, 0.2) is 0 Å². The van der Waals surface area contributed by atoms with Crippen LogP contribution in [-0.2, 0) is 19.5 Å². The summed E-state index contributed by atoms with van der Waals surface area (Å²) < 4.78 is 5.92. The third-order valence-corrected chi connectivity index (χ3v) is 6.90. The number of carboxylic acids is 1. The highest BCUT2D eigenvalue weighted by Gasteiger charge is 2.42. The molecule has 2 heterocycles. The van der Waals surface area contributed by atoms with E-state index in [0.29, 0.717) is 30.8 Å². The van der Waals surface area contributed by atoms with Crippen LogP contribution in [0.3, 0.4) is 0 Å². The molecule has 170 valence electrons. The van der Waals surface area contributed by atoms with Crippen molar-refractivity contribution in [3.63, 3.8) is 0 Å². The fourth-order valence-corrected chi connectivity index (χ4v) is 5.16. The van der Waals surface area contributed by atoms with Crippen LogP contribution in [-0.4, -0.2) is 52.7 Å². The van der Waals surface area contributed by atoms with Crippen LogP contribution < -0.4 is 4.74 Å². The summed E-state index contributed by atoms with van der Waals surface area (Å²) in [6, 6.07) is 27.3. The number of carboxylic acid groups (broad SMARTS) is 1. The van der Waals surface area contributed by atoms with E-state index in [4.69, 9.17) is 4.74 Å². The van der Waals surface area contributed by atoms with Crippen LogP contribution in [0, 0.1) is 0 Å². The maximum absolute atomic E-state index is 11.5. The van der Waals surface area contributed by atoms with Crippen LogP contribution in [0.2, 0.25) is 0 Å². The van der Waals surface area contributed by atoms with Crippen LogP contribution in [0.4, 0.5) is 0 Å². The molecular formula is C28H30N2O3. The van der Waals surface area contributed by atoms with Gasteiger partial charge < -0.3 is 9.84 Å². The average molecular weight is 443 g/mol. The second-order valence-electron chi connectivity index (χ2n) is 9.09. The summed E-state index contributed by atoms with van der Waals surface area (Å²) in [7, 11) is 0. The van der Waals surface area contributed by atoms with Crippen molar-refractivity contribution in [2.75, 3.05) is 19.7 Å². The Labute approximate surface area is 195 Å². The fourth-order valence-electron chi connectivity index (χ4n) is 5.16. The number of aromatic carboxylic acids is 1. The normalized spacial score (nSPS) is 20.2. The highest BCUT2D eigenvalue weighted by atomic mass is 16.5. The van der Waals surface area contributed by atoms with Crippen LogP contribution in [0.5, 0.6) is 5.75 Å². The number of benzene rings is 3. The maximum Gasteiger partial charge on any atom is 0.336 e. The minimum Gasteiger partial charge on any atom is -0.493 e. The molecule has 2 aliphatic heterocycles. The van der Waals surface area contributed by atoms with Crippen LogP contribution in [0.25, 0.3) is 0 Å². The number of rotatable bonds is 9. The van der Waals surface area contributed by atoms with Gasteiger partial charge in [0.25, 0.3) is 0 Å². The van der Waals surface area contributed by atoms with Gasteiger partial charge in [0.2, 0.25) is 0 Å². The third-order valence-electron chi connectivity index (χ3n) is 6.90.